The lowest BCUT2D eigenvalue weighted by molar-refractivity contribution is 0.482. The van der Waals surface area contributed by atoms with Gasteiger partial charge in [-0.25, -0.2) is 4.98 Å². The van der Waals surface area contributed by atoms with Crippen LogP contribution in [0.4, 0.5) is 5.69 Å². The van der Waals surface area contributed by atoms with Crippen molar-refractivity contribution in [2.45, 2.75) is 6.92 Å². The number of aromatic nitrogens is 1. The van der Waals surface area contributed by atoms with E-state index in [1.165, 1.54) is 0 Å². The van der Waals surface area contributed by atoms with Crippen LogP contribution in [0, 0.1) is 0 Å². The zero-order valence-electron chi connectivity index (χ0n) is 13.3. The van der Waals surface area contributed by atoms with Crippen LogP contribution in [0.15, 0.2) is 48.0 Å². The van der Waals surface area contributed by atoms with Gasteiger partial charge in [0.2, 0.25) is 0 Å². The number of thiazole rings is 1. The molecule has 0 N–H and O–H groups in total. The fourth-order valence-corrected chi connectivity index (χ4v) is 3.16. The molecule has 0 aliphatic rings. The van der Waals surface area contributed by atoms with Crippen LogP contribution in [0.3, 0.4) is 0 Å². The molecule has 0 saturated heterocycles. The molecule has 3 aromatic rings. The minimum absolute atomic E-state index is 0.471. The van der Waals surface area contributed by atoms with Crippen LogP contribution in [0.25, 0.3) is 10.6 Å². The Labute approximate surface area is 155 Å². The van der Waals surface area contributed by atoms with Crippen molar-refractivity contribution >= 4 is 40.2 Å². The first-order valence-electron chi connectivity index (χ1n) is 7.46. The van der Waals surface area contributed by atoms with Crippen molar-refractivity contribution in [1.82, 2.24) is 4.98 Å². The molecule has 0 aliphatic carbocycles. The maximum absolute atomic E-state index is 6.07. The van der Waals surface area contributed by atoms with Gasteiger partial charge in [0, 0.05) is 36.8 Å². The van der Waals surface area contributed by atoms with E-state index in [0.717, 1.165) is 28.6 Å². The van der Waals surface area contributed by atoms with Crippen LogP contribution in [0.5, 0.6) is 11.5 Å². The normalized spacial score (nSPS) is 10.7. The Morgan fingerprint density at radius 1 is 1.12 bits per heavy atom. The fraction of sp³-hybridized carbons (Fsp3) is 0.167. The van der Waals surface area contributed by atoms with Crippen molar-refractivity contribution in [3.8, 4) is 22.1 Å². The van der Waals surface area contributed by atoms with E-state index in [0.29, 0.717) is 15.8 Å². The van der Waals surface area contributed by atoms with Crippen molar-refractivity contribution in [1.29, 1.82) is 0 Å². The maximum atomic E-state index is 6.07. The van der Waals surface area contributed by atoms with Crippen molar-refractivity contribution in [2.75, 3.05) is 18.5 Å². The van der Waals surface area contributed by atoms with Gasteiger partial charge in [-0.1, -0.05) is 23.2 Å². The van der Waals surface area contributed by atoms with Gasteiger partial charge in [0.15, 0.2) is 5.75 Å². The Morgan fingerprint density at radius 2 is 1.96 bits per heavy atom. The number of benzene rings is 2. The minimum Gasteiger partial charge on any atom is -0.455 e. The van der Waals surface area contributed by atoms with E-state index in [-0.39, 0.29) is 0 Å². The molecule has 0 bridgehead atoms. The molecule has 0 amide bonds. The molecule has 0 aliphatic heterocycles. The Hall–Kier alpha value is -1.75. The quantitative estimate of drug-likeness (QED) is 0.515. The molecule has 24 heavy (non-hydrogen) atoms. The number of halogens is 2. The highest BCUT2D eigenvalue weighted by Crippen LogP contribution is 2.37. The first-order valence-corrected chi connectivity index (χ1v) is 9.10. The summed E-state index contributed by atoms with van der Waals surface area (Å²) in [6.45, 7) is 2.96. The standard InChI is InChI=1S/C18H16Cl2N2OS/c1-3-22(2)16-10-12(18-21-8-9-24-18)4-7-17(16)23-13-5-6-14(19)15(20)11-13/h4-11H,3H2,1-2H3. The number of hydrogen-bond donors (Lipinski definition) is 0. The van der Waals surface area contributed by atoms with Crippen molar-refractivity contribution in [2.24, 2.45) is 0 Å². The third-order valence-electron chi connectivity index (χ3n) is 3.64. The maximum Gasteiger partial charge on any atom is 0.150 e. The molecule has 2 aromatic carbocycles. The molecule has 0 unspecified atom stereocenters. The summed E-state index contributed by atoms with van der Waals surface area (Å²) in [6, 6.07) is 11.3. The SMILES string of the molecule is CCN(C)c1cc(-c2nccs2)ccc1Oc1ccc(Cl)c(Cl)c1. The van der Waals surface area contributed by atoms with E-state index in [9.17, 15) is 0 Å². The van der Waals surface area contributed by atoms with Gasteiger partial charge < -0.3 is 9.64 Å². The molecule has 0 atom stereocenters. The molecule has 0 spiro atoms. The third-order valence-corrected chi connectivity index (χ3v) is 5.20. The largest absolute Gasteiger partial charge is 0.455 e. The Balaban J connectivity index is 1.98. The van der Waals surface area contributed by atoms with Crippen LogP contribution in [-0.4, -0.2) is 18.6 Å². The highest BCUT2D eigenvalue weighted by atomic mass is 35.5. The molecule has 0 fully saturated rings. The molecule has 1 heterocycles. The van der Waals surface area contributed by atoms with Crippen LogP contribution >= 0.6 is 34.5 Å². The van der Waals surface area contributed by atoms with Gasteiger partial charge in [-0.05, 0) is 37.3 Å². The Kier molecular flexibility index (Phi) is 5.29. The lowest BCUT2D eigenvalue weighted by Gasteiger charge is -2.21. The predicted octanol–water partition coefficient (Wildman–Crippen LogP) is 6.37. The summed E-state index contributed by atoms with van der Waals surface area (Å²) >= 11 is 13.7. The number of rotatable bonds is 5. The molecule has 1 aromatic heterocycles. The summed E-state index contributed by atoms with van der Waals surface area (Å²) in [6.07, 6.45) is 1.81. The topological polar surface area (TPSA) is 25.4 Å². The van der Waals surface area contributed by atoms with Gasteiger partial charge in [0.25, 0.3) is 0 Å². The van der Waals surface area contributed by atoms with Gasteiger partial charge in [0.1, 0.15) is 10.8 Å². The minimum atomic E-state index is 0.471. The molecular formula is C18H16Cl2N2OS. The van der Waals surface area contributed by atoms with Crippen molar-refractivity contribution < 1.29 is 4.74 Å². The van der Waals surface area contributed by atoms with Gasteiger partial charge >= 0.3 is 0 Å². The first kappa shape index (κ1) is 17.1. The highest BCUT2D eigenvalue weighted by Gasteiger charge is 2.12. The zero-order valence-corrected chi connectivity index (χ0v) is 15.6. The van der Waals surface area contributed by atoms with E-state index in [4.69, 9.17) is 27.9 Å². The van der Waals surface area contributed by atoms with Gasteiger partial charge in [-0.15, -0.1) is 11.3 Å². The van der Waals surface area contributed by atoms with E-state index >= 15 is 0 Å². The van der Waals surface area contributed by atoms with E-state index in [1.807, 2.05) is 30.8 Å². The van der Waals surface area contributed by atoms with Crippen LogP contribution in [0.2, 0.25) is 10.0 Å². The summed E-state index contributed by atoms with van der Waals surface area (Å²) in [5.41, 5.74) is 2.07. The zero-order chi connectivity index (χ0) is 17.1. The summed E-state index contributed by atoms with van der Waals surface area (Å²) in [5.74, 6) is 1.41. The number of nitrogens with zero attached hydrogens (tertiary/aromatic N) is 2. The second kappa shape index (κ2) is 7.43. The lowest BCUT2D eigenvalue weighted by Crippen LogP contribution is -2.16. The summed E-state index contributed by atoms with van der Waals surface area (Å²) in [4.78, 5) is 6.50. The Morgan fingerprint density at radius 3 is 2.62 bits per heavy atom. The average Bonchev–Trinajstić information content (AvgIpc) is 3.12. The highest BCUT2D eigenvalue weighted by molar-refractivity contribution is 7.13. The summed E-state index contributed by atoms with van der Waals surface area (Å²) < 4.78 is 6.04. The molecule has 3 nitrogen and oxygen atoms in total. The van der Waals surface area contributed by atoms with Gasteiger partial charge in [0.05, 0.1) is 15.7 Å². The van der Waals surface area contributed by atoms with E-state index in [2.05, 4.69) is 22.9 Å². The van der Waals surface area contributed by atoms with Gasteiger partial charge in [-0.3, -0.25) is 0 Å². The molecule has 0 radical (unpaired) electrons. The van der Waals surface area contributed by atoms with Crippen LogP contribution in [0.1, 0.15) is 6.92 Å². The van der Waals surface area contributed by atoms with E-state index < -0.39 is 0 Å². The second-order valence-electron chi connectivity index (χ2n) is 5.21. The average molecular weight is 379 g/mol. The third kappa shape index (κ3) is 3.66. The van der Waals surface area contributed by atoms with Gasteiger partial charge in [-0.2, -0.15) is 0 Å². The van der Waals surface area contributed by atoms with E-state index in [1.54, 1.807) is 29.5 Å². The predicted molar refractivity (Wildman–Crippen MR) is 103 cm³/mol. The molecule has 6 heteroatoms. The summed E-state index contributed by atoms with van der Waals surface area (Å²) in [7, 11) is 2.03. The molecular weight excluding hydrogens is 363 g/mol. The van der Waals surface area contributed by atoms with Crippen molar-refractivity contribution in [3.05, 3.63) is 58.0 Å². The van der Waals surface area contributed by atoms with Crippen molar-refractivity contribution in [3.63, 3.8) is 0 Å². The second-order valence-corrected chi connectivity index (χ2v) is 6.92. The Bertz CT molecular complexity index is 837. The number of hydrogen-bond acceptors (Lipinski definition) is 4. The fourth-order valence-electron chi connectivity index (χ4n) is 2.24. The first-order chi connectivity index (χ1) is 11.6. The van der Waals surface area contributed by atoms with Crippen LogP contribution in [-0.2, 0) is 0 Å². The number of anilines is 1. The molecule has 0 saturated carbocycles. The smallest absolute Gasteiger partial charge is 0.150 e. The van der Waals surface area contributed by atoms with Crippen LogP contribution < -0.4 is 9.64 Å². The number of ether oxygens (including phenoxy) is 1. The lowest BCUT2D eigenvalue weighted by atomic mass is 10.1. The monoisotopic (exact) mass is 378 g/mol. The molecule has 3 rings (SSSR count). The summed E-state index contributed by atoms with van der Waals surface area (Å²) in [5, 5.41) is 3.94. The molecule has 124 valence electrons.